The van der Waals surface area contributed by atoms with E-state index in [2.05, 4.69) is 9.88 Å². The fourth-order valence-corrected chi connectivity index (χ4v) is 3.74. The van der Waals surface area contributed by atoms with Crippen LogP contribution in [0.3, 0.4) is 0 Å². The first kappa shape index (κ1) is 19.6. The van der Waals surface area contributed by atoms with E-state index in [-0.39, 0.29) is 27.8 Å². The van der Waals surface area contributed by atoms with E-state index < -0.39 is 6.43 Å². The number of alkyl halides is 2. The number of pyridine rings is 1. The van der Waals surface area contributed by atoms with Crippen LogP contribution < -0.4 is 0 Å². The van der Waals surface area contributed by atoms with Gasteiger partial charge in [0.05, 0.1) is 11.3 Å². The predicted octanol–water partition coefficient (Wildman–Crippen LogP) is 2.63. The number of aromatic nitrogens is 1. The summed E-state index contributed by atoms with van der Waals surface area (Å²) in [6, 6.07) is 1.85. The highest BCUT2D eigenvalue weighted by Gasteiger charge is 2.25. The molecule has 1 aromatic heterocycles. The molecule has 0 aliphatic carbocycles. The van der Waals surface area contributed by atoms with E-state index in [1.807, 2.05) is 20.0 Å². The smallest absolute Gasteiger partial charge is 0.265 e. The molecule has 0 unspecified atom stereocenters. The highest BCUT2D eigenvalue weighted by molar-refractivity contribution is 8.00. The van der Waals surface area contributed by atoms with Crippen LogP contribution in [0.1, 0.15) is 35.7 Å². The van der Waals surface area contributed by atoms with Crippen LogP contribution in [0, 0.1) is 18.3 Å². The van der Waals surface area contributed by atoms with Gasteiger partial charge in [0.25, 0.3) is 6.43 Å². The number of amides is 1. The molecule has 1 saturated heterocycles. The average molecular weight is 368 g/mol. The van der Waals surface area contributed by atoms with E-state index in [9.17, 15) is 18.8 Å². The van der Waals surface area contributed by atoms with Crippen molar-refractivity contribution in [2.75, 3.05) is 39.0 Å². The Morgan fingerprint density at radius 2 is 2.00 bits per heavy atom. The Kier molecular flexibility index (Phi) is 6.73. The summed E-state index contributed by atoms with van der Waals surface area (Å²) in [5, 5.41) is 9.57. The van der Waals surface area contributed by atoms with Crippen molar-refractivity contribution in [2.24, 2.45) is 0 Å². The zero-order chi connectivity index (χ0) is 18.6. The predicted molar refractivity (Wildman–Crippen MR) is 92.8 cm³/mol. The number of nitrogens with zero attached hydrogens (tertiary/aromatic N) is 4. The lowest BCUT2D eigenvalue weighted by Gasteiger charge is -2.32. The van der Waals surface area contributed by atoms with E-state index >= 15 is 0 Å². The van der Waals surface area contributed by atoms with Crippen LogP contribution in [-0.4, -0.2) is 59.7 Å². The zero-order valence-electron chi connectivity index (χ0n) is 14.7. The summed E-state index contributed by atoms with van der Waals surface area (Å²) in [5.41, 5.74) is 0.539. The molecular weight excluding hydrogens is 346 g/mol. The standard InChI is InChI=1S/C17H22F2N4OS/c1-4-13-11(2)15(16(18)19)12(9-20)17(21-13)25-10-14(24)23-7-5-22(3)6-8-23/h16H,4-8,10H2,1-3H3. The van der Waals surface area contributed by atoms with Crippen molar-refractivity contribution in [3.05, 3.63) is 22.4 Å². The highest BCUT2D eigenvalue weighted by atomic mass is 32.2. The molecule has 25 heavy (non-hydrogen) atoms. The zero-order valence-corrected chi connectivity index (χ0v) is 15.5. The lowest BCUT2D eigenvalue weighted by Crippen LogP contribution is -2.47. The largest absolute Gasteiger partial charge is 0.339 e. The van der Waals surface area contributed by atoms with E-state index in [0.29, 0.717) is 30.8 Å². The number of rotatable bonds is 5. The number of nitriles is 1. The van der Waals surface area contributed by atoms with Gasteiger partial charge < -0.3 is 9.80 Å². The third kappa shape index (κ3) is 4.47. The summed E-state index contributed by atoms with van der Waals surface area (Å²) in [5.74, 6) is 0.0429. The van der Waals surface area contributed by atoms with Crippen LogP contribution >= 0.6 is 11.8 Å². The molecule has 1 amide bonds. The molecule has 1 aromatic rings. The Bertz CT molecular complexity index is 682. The third-order valence-corrected chi connectivity index (χ3v) is 5.37. The number of hydrogen-bond acceptors (Lipinski definition) is 5. The number of hydrogen-bond donors (Lipinski definition) is 0. The Morgan fingerprint density at radius 1 is 1.36 bits per heavy atom. The molecule has 0 N–H and O–H groups in total. The summed E-state index contributed by atoms with van der Waals surface area (Å²) in [6.07, 6.45) is -2.24. The molecule has 0 bridgehead atoms. The second-order valence-electron chi connectivity index (χ2n) is 6.02. The van der Waals surface area contributed by atoms with Gasteiger partial charge in [0.15, 0.2) is 0 Å². The molecule has 2 heterocycles. The molecular formula is C17H22F2N4OS. The maximum Gasteiger partial charge on any atom is 0.265 e. The van der Waals surface area contributed by atoms with Crippen LogP contribution in [0.15, 0.2) is 5.03 Å². The molecule has 5 nitrogen and oxygen atoms in total. The van der Waals surface area contributed by atoms with Gasteiger partial charge in [0, 0.05) is 37.4 Å². The number of carbonyl (C=O) groups is 1. The Hall–Kier alpha value is -1.72. The molecule has 1 aliphatic heterocycles. The Morgan fingerprint density at radius 3 is 2.52 bits per heavy atom. The van der Waals surface area contributed by atoms with Crippen molar-refractivity contribution >= 4 is 17.7 Å². The van der Waals surface area contributed by atoms with Gasteiger partial charge in [0.1, 0.15) is 11.1 Å². The van der Waals surface area contributed by atoms with Crippen molar-refractivity contribution < 1.29 is 13.6 Å². The summed E-state index contributed by atoms with van der Waals surface area (Å²) >= 11 is 1.07. The van der Waals surface area contributed by atoms with Gasteiger partial charge in [-0.3, -0.25) is 4.79 Å². The topological polar surface area (TPSA) is 60.2 Å². The van der Waals surface area contributed by atoms with Crippen LogP contribution in [-0.2, 0) is 11.2 Å². The first-order chi connectivity index (χ1) is 11.9. The molecule has 2 rings (SSSR count). The van der Waals surface area contributed by atoms with Crippen LogP contribution in [0.25, 0.3) is 0 Å². The summed E-state index contributed by atoms with van der Waals surface area (Å²) in [7, 11) is 2.00. The van der Waals surface area contributed by atoms with Crippen LogP contribution in [0.2, 0.25) is 0 Å². The number of halogens is 2. The van der Waals surface area contributed by atoms with Gasteiger partial charge >= 0.3 is 0 Å². The molecule has 1 fully saturated rings. The quantitative estimate of drug-likeness (QED) is 0.748. The molecule has 136 valence electrons. The van der Waals surface area contributed by atoms with Gasteiger partial charge in [0.2, 0.25) is 5.91 Å². The number of aryl methyl sites for hydroxylation is 1. The van der Waals surface area contributed by atoms with E-state index in [1.165, 1.54) is 0 Å². The average Bonchev–Trinajstić information content (AvgIpc) is 2.59. The fourth-order valence-electron chi connectivity index (χ4n) is 2.83. The summed E-state index contributed by atoms with van der Waals surface area (Å²) < 4.78 is 26.9. The second kappa shape index (κ2) is 8.59. The highest BCUT2D eigenvalue weighted by Crippen LogP contribution is 2.33. The molecule has 0 spiro atoms. The first-order valence-electron chi connectivity index (χ1n) is 8.19. The van der Waals surface area contributed by atoms with Gasteiger partial charge in [-0.25, -0.2) is 13.8 Å². The SMILES string of the molecule is CCc1nc(SCC(=O)N2CCN(C)CC2)c(C#N)c(C(F)F)c1C. The second-order valence-corrected chi connectivity index (χ2v) is 6.98. The third-order valence-electron chi connectivity index (χ3n) is 4.41. The lowest BCUT2D eigenvalue weighted by molar-refractivity contribution is -0.129. The normalized spacial score (nSPS) is 15.5. The van der Waals surface area contributed by atoms with E-state index in [4.69, 9.17) is 0 Å². The molecule has 0 saturated carbocycles. The molecule has 0 aromatic carbocycles. The monoisotopic (exact) mass is 368 g/mol. The minimum absolute atomic E-state index is 0.0546. The van der Waals surface area contributed by atoms with Gasteiger partial charge in [-0.15, -0.1) is 0 Å². The minimum Gasteiger partial charge on any atom is -0.339 e. The van der Waals surface area contributed by atoms with E-state index in [0.717, 1.165) is 24.9 Å². The Balaban J connectivity index is 2.20. The maximum absolute atomic E-state index is 13.4. The molecule has 0 atom stereocenters. The van der Waals surface area contributed by atoms with Gasteiger partial charge in [-0.05, 0) is 26.0 Å². The van der Waals surface area contributed by atoms with Crippen molar-refractivity contribution in [1.82, 2.24) is 14.8 Å². The van der Waals surface area contributed by atoms with E-state index in [1.54, 1.807) is 11.8 Å². The summed E-state index contributed by atoms with van der Waals surface area (Å²) in [6.45, 7) is 6.35. The Labute approximate surface area is 151 Å². The fraction of sp³-hybridized carbons (Fsp3) is 0.588. The molecule has 8 heteroatoms. The summed E-state index contributed by atoms with van der Waals surface area (Å²) in [4.78, 5) is 20.6. The van der Waals surface area contributed by atoms with Crippen LogP contribution in [0.5, 0.6) is 0 Å². The number of carbonyl (C=O) groups excluding carboxylic acids is 1. The van der Waals surface area contributed by atoms with Crippen LogP contribution in [0.4, 0.5) is 8.78 Å². The van der Waals surface area contributed by atoms with Gasteiger partial charge in [-0.2, -0.15) is 5.26 Å². The van der Waals surface area contributed by atoms with Gasteiger partial charge in [-0.1, -0.05) is 18.7 Å². The van der Waals surface area contributed by atoms with Crippen molar-refractivity contribution in [3.8, 4) is 6.07 Å². The minimum atomic E-state index is -2.74. The number of thioether (sulfide) groups is 1. The van der Waals surface area contributed by atoms with Crippen molar-refractivity contribution in [2.45, 2.75) is 31.7 Å². The number of likely N-dealkylation sites (N-methyl/N-ethyl adjacent to an activating group) is 1. The lowest BCUT2D eigenvalue weighted by atomic mass is 10.0. The molecule has 1 aliphatic rings. The van der Waals surface area contributed by atoms with Crippen molar-refractivity contribution in [1.29, 1.82) is 5.26 Å². The first-order valence-corrected chi connectivity index (χ1v) is 9.18. The number of piperazine rings is 1. The molecule has 0 radical (unpaired) electrons. The maximum atomic E-state index is 13.4. The van der Waals surface area contributed by atoms with Crippen molar-refractivity contribution in [3.63, 3.8) is 0 Å².